The van der Waals surface area contributed by atoms with Crippen LogP contribution in [0.15, 0.2) is 66.9 Å². The second-order valence-electron chi connectivity index (χ2n) is 16.7. The third-order valence-electron chi connectivity index (χ3n) is 13.3. The summed E-state index contributed by atoms with van der Waals surface area (Å²) < 4.78 is 29.2. The van der Waals surface area contributed by atoms with E-state index in [-0.39, 0.29) is 35.9 Å². The smallest absolute Gasteiger partial charge is 0.303 e. The number of rotatable bonds is 15. The molecular formula is C46H50Cl2FN5O5. The van der Waals surface area contributed by atoms with Crippen LogP contribution in [0.3, 0.4) is 0 Å². The molecule has 4 aromatic carbocycles. The number of hydrogen-bond donors (Lipinski definition) is 3. The topological polar surface area (TPSA) is 118 Å². The summed E-state index contributed by atoms with van der Waals surface area (Å²) in [5, 5.41) is 22.5. The number of aromatic nitrogens is 2. The number of halogens is 3. The molecule has 1 atom stereocenters. The fraction of sp³-hybridized carbons (Fsp3) is 0.413. The number of carbonyl (C=O) groups is 2. The average Bonchev–Trinajstić information content (AvgIpc) is 3.84. The van der Waals surface area contributed by atoms with Crippen molar-refractivity contribution in [2.75, 3.05) is 27.8 Å². The summed E-state index contributed by atoms with van der Waals surface area (Å²) in [4.78, 5) is 25.6. The molecule has 0 radical (unpaired) electrons. The van der Waals surface area contributed by atoms with Crippen molar-refractivity contribution in [3.8, 4) is 33.8 Å². The Bertz CT molecular complexity index is 2390. The zero-order chi connectivity index (χ0) is 41.5. The highest BCUT2D eigenvalue weighted by Crippen LogP contribution is 2.56. The van der Waals surface area contributed by atoms with Crippen molar-refractivity contribution in [3.63, 3.8) is 0 Å². The van der Waals surface area contributed by atoms with Gasteiger partial charge in [0.1, 0.15) is 17.3 Å². The van der Waals surface area contributed by atoms with Crippen LogP contribution in [-0.2, 0) is 29.2 Å². The van der Waals surface area contributed by atoms with Crippen molar-refractivity contribution >= 4 is 46.0 Å². The molecule has 1 aliphatic heterocycles. The molecule has 3 N–H and O–H groups in total. The van der Waals surface area contributed by atoms with Gasteiger partial charge in [0.25, 0.3) is 0 Å². The third kappa shape index (κ3) is 8.14. The number of methoxy groups -OCH3 is 2. The van der Waals surface area contributed by atoms with Gasteiger partial charge in [0, 0.05) is 70.3 Å². The van der Waals surface area contributed by atoms with Crippen LogP contribution >= 0.6 is 23.2 Å². The minimum atomic E-state index is -0.692. The maximum atomic E-state index is 15.7. The maximum Gasteiger partial charge on any atom is 0.303 e. The molecule has 59 heavy (non-hydrogen) atoms. The Labute approximate surface area is 354 Å². The van der Waals surface area contributed by atoms with Crippen LogP contribution in [-0.4, -0.2) is 71.1 Å². The predicted molar refractivity (Wildman–Crippen MR) is 229 cm³/mol. The van der Waals surface area contributed by atoms with Gasteiger partial charge in [-0.1, -0.05) is 53.5 Å². The number of carboxylic acids is 1. The third-order valence-corrected chi connectivity index (χ3v) is 14.1. The number of ether oxygens (including phenoxy) is 2. The molecule has 3 aliphatic carbocycles. The largest absolute Gasteiger partial charge is 0.496 e. The van der Waals surface area contributed by atoms with Gasteiger partial charge in [-0.15, -0.1) is 0 Å². The zero-order valence-electron chi connectivity index (χ0n) is 33.7. The number of nitrogens with one attached hydrogen (secondary N) is 2. The molecule has 1 saturated heterocycles. The Balaban J connectivity index is 1.01. The zero-order valence-corrected chi connectivity index (χ0v) is 35.2. The highest BCUT2D eigenvalue weighted by Gasteiger charge is 2.51. The lowest BCUT2D eigenvalue weighted by Gasteiger charge is -2.56. The molecule has 2 bridgehead atoms. The van der Waals surface area contributed by atoms with Gasteiger partial charge < -0.3 is 25.2 Å². The minimum Gasteiger partial charge on any atom is -0.496 e. The van der Waals surface area contributed by atoms with E-state index in [2.05, 4.69) is 22.6 Å². The van der Waals surface area contributed by atoms with E-state index < -0.39 is 11.8 Å². The van der Waals surface area contributed by atoms with Gasteiger partial charge in [-0.3, -0.25) is 19.2 Å². The second-order valence-corrected chi connectivity index (χ2v) is 17.5. The molecule has 10 nitrogen and oxygen atoms in total. The molecule has 4 fully saturated rings. The van der Waals surface area contributed by atoms with Crippen molar-refractivity contribution < 1.29 is 28.6 Å². The first-order valence-electron chi connectivity index (χ1n) is 20.3. The number of benzene rings is 4. The van der Waals surface area contributed by atoms with E-state index in [1.807, 2.05) is 59.4 Å². The van der Waals surface area contributed by atoms with Crippen LogP contribution < -0.4 is 20.1 Å². The number of amides is 1. The Hall–Kier alpha value is -4.68. The van der Waals surface area contributed by atoms with Crippen molar-refractivity contribution in [2.24, 2.45) is 5.41 Å². The fourth-order valence-electron chi connectivity index (χ4n) is 9.81. The summed E-state index contributed by atoms with van der Waals surface area (Å²) in [5.74, 6) is 0.108. The Morgan fingerprint density at radius 1 is 0.983 bits per heavy atom. The number of hydrogen-bond acceptors (Lipinski definition) is 7. The number of aliphatic carboxylic acids is 1. The first-order valence-corrected chi connectivity index (χ1v) is 21.1. The minimum absolute atomic E-state index is 0.0331. The normalized spacial score (nSPS) is 21.3. The Morgan fingerprint density at radius 3 is 2.39 bits per heavy atom. The number of nitrogens with zero attached hydrogens (tertiary/aromatic N) is 3. The average molecular weight is 843 g/mol. The summed E-state index contributed by atoms with van der Waals surface area (Å²) in [6.07, 6.45) is 9.21. The van der Waals surface area contributed by atoms with Crippen LogP contribution in [0.1, 0.15) is 74.5 Å². The van der Waals surface area contributed by atoms with Crippen LogP contribution in [0.5, 0.6) is 11.5 Å². The molecule has 13 heteroatoms. The van der Waals surface area contributed by atoms with Crippen molar-refractivity contribution in [2.45, 2.75) is 89.0 Å². The lowest BCUT2D eigenvalue weighted by atomic mass is 9.55. The van der Waals surface area contributed by atoms with E-state index in [0.29, 0.717) is 58.5 Å². The lowest BCUT2D eigenvalue weighted by Crippen LogP contribution is -2.55. The van der Waals surface area contributed by atoms with Gasteiger partial charge in [-0.2, -0.15) is 5.10 Å². The molecule has 9 rings (SSSR count). The van der Waals surface area contributed by atoms with Crippen LogP contribution in [0.25, 0.3) is 33.2 Å². The van der Waals surface area contributed by atoms with Crippen molar-refractivity contribution in [1.29, 1.82) is 0 Å². The van der Waals surface area contributed by atoms with Crippen molar-refractivity contribution in [3.05, 3.63) is 99.4 Å². The molecule has 2 heterocycles. The lowest BCUT2D eigenvalue weighted by molar-refractivity contribution is -0.143. The summed E-state index contributed by atoms with van der Waals surface area (Å²) in [6.45, 7) is 1.88. The SMILES string of the molecule is COc1cc(Cn2ncc3c(-c4cccc(-c5cc(F)c(CNC[C@@H]6CCC(=O)N6)c(OC)c5)c4Cl)cccc32)c(Cl)cc1CN(C)C12CCC(CC(=O)O)(CC1)CC2. The number of carboxylic acid groups (broad SMARTS) is 1. The summed E-state index contributed by atoms with van der Waals surface area (Å²) in [5.41, 5.74) is 6.12. The van der Waals surface area contributed by atoms with Gasteiger partial charge in [-0.25, -0.2) is 4.39 Å². The van der Waals surface area contributed by atoms with E-state index in [4.69, 9.17) is 37.8 Å². The fourth-order valence-corrected chi connectivity index (χ4v) is 10.4. The molecule has 3 saturated carbocycles. The molecule has 1 aromatic heterocycles. The Morgan fingerprint density at radius 2 is 1.69 bits per heavy atom. The summed E-state index contributed by atoms with van der Waals surface area (Å²) >= 11 is 14.2. The molecule has 4 aliphatic rings. The van der Waals surface area contributed by atoms with E-state index >= 15 is 4.39 Å². The van der Waals surface area contributed by atoms with E-state index in [1.165, 1.54) is 13.2 Å². The van der Waals surface area contributed by atoms with Crippen LogP contribution in [0.4, 0.5) is 4.39 Å². The Kier molecular flexibility index (Phi) is 11.7. The molecule has 5 aromatic rings. The van der Waals surface area contributed by atoms with Gasteiger partial charge >= 0.3 is 5.97 Å². The number of carbonyl (C=O) groups excluding carboxylic acids is 1. The first-order chi connectivity index (χ1) is 28.4. The summed E-state index contributed by atoms with van der Waals surface area (Å²) in [6, 6.07) is 19.1. The van der Waals surface area contributed by atoms with Crippen LogP contribution in [0.2, 0.25) is 10.0 Å². The molecular weight excluding hydrogens is 792 g/mol. The molecule has 310 valence electrons. The van der Waals surface area contributed by atoms with Crippen LogP contribution in [0, 0.1) is 11.2 Å². The second kappa shape index (κ2) is 16.8. The first kappa shape index (κ1) is 41.1. The molecule has 0 unspecified atom stereocenters. The summed E-state index contributed by atoms with van der Waals surface area (Å²) in [7, 11) is 5.37. The highest BCUT2D eigenvalue weighted by atomic mass is 35.5. The van der Waals surface area contributed by atoms with Gasteiger partial charge in [0.05, 0.1) is 43.9 Å². The monoisotopic (exact) mass is 841 g/mol. The quantitative estimate of drug-likeness (QED) is 0.0956. The van der Waals surface area contributed by atoms with Gasteiger partial charge in [0.15, 0.2) is 0 Å². The number of fused-ring (bicyclic) bond motifs is 4. The van der Waals surface area contributed by atoms with E-state index in [0.717, 1.165) is 83.9 Å². The van der Waals surface area contributed by atoms with E-state index in [9.17, 15) is 14.7 Å². The molecule has 0 spiro atoms. The van der Waals surface area contributed by atoms with Crippen molar-refractivity contribution in [1.82, 2.24) is 25.3 Å². The highest BCUT2D eigenvalue weighted by molar-refractivity contribution is 6.36. The standard InChI is InChI=1S/C46H50Cl2FN5O5/c1-53(46-15-12-45(13-16-46,14-17-46)22-43(56)57)26-30-18-37(47)29(21-40(30)58-2)27-54-39-9-5-7-33(35(39)25-51-54)34-8-4-6-32(44(34)48)28-19-38(49)36(41(20-28)59-3)24-50-23-31-10-11-42(55)52-31/h4-9,18-21,25,31,50H,10-17,22-24,26-27H2,1-3H3,(H,52,55)(H,56,57)/t31-,45?,46?/m0/s1. The molecule has 1 amide bonds. The maximum absolute atomic E-state index is 15.7. The van der Waals surface area contributed by atoms with Gasteiger partial charge in [-0.05, 0) is 104 Å². The van der Waals surface area contributed by atoms with Gasteiger partial charge in [0.2, 0.25) is 5.91 Å². The predicted octanol–water partition coefficient (Wildman–Crippen LogP) is 9.25. The van der Waals surface area contributed by atoms with E-state index in [1.54, 1.807) is 13.2 Å².